The second kappa shape index (κ2) is 8.08. The number of aryl methyl sites for hydroxylation is 1. The van der Waals surface area contributed by atoms with Gasteiger partial charge in [0.15, 0.2) is 0 Å². The van der Waals surface area contributed by atoms with Crippen molar-refractivity contribution in [1.82, 2.24) is 0 Å². The number of fused-ring (bicyclic) bond motifs is 5. The fourth-order valence-corrected chi connectivity index (χ4v) is 6.58. The van der Waals surface area contributed by atoms with Crippen LogP contribution in [0.4, 0.5) is 0 Å². The average molecular weight is 391 g/mol. The van der Waals surface area contributed by atoms with E-state index in [2.05, 4.69) is 43.6 Å². The van der Waals surface area contributed by atoms with Gasteiger partial charge in [-0.3, -0.25) is 0 Å². The molecule has 2 nitrogen and oxygen atoms in total. The van der Waals surface area contributed by atoms with Crippen LogP contribution in [0, 0.1) is 40.9 Å². The Kier molecular flexibility index (Phi) is 5.68. The maximum absolute atomic E-state index is 11.6. The molecule has 3 aliphatic rings. The number of benzene rings is 1. The van der Waals surface area contributed by atoms with Crippen LogP contribution in [0.1, 0.15) is 88.7 Å². The molecule has 1 aromatic rings. The number of phenols is 1. The summed E-state index contributed by atoms with van der Waals surface area (Å²) in [6.07, 6.45) is 10.1. The van der Waals surface area contributed by atoms with E-state index in [1.807, 2.05) is 12.1 Å². The molecule has 0 amide bonds. The van der Waals surface area contributed by atoms with E-state index in [9.17, 15) is 10.2 Å². The molecule has 0 saturated heterocycles. The van der Waals surface area contributed by atoms with Gasteiger partial charge in [-0.15, -0.1) is 0 Å². The monoisotopic (exact) mass is 390 g/mol. The number of unbranched alkanes of at least 4 members (excludes halogenated alkanes) is 2. The minimum Gasteiger partial charge on any atom is -0.508 e. The molecule has 0 radical (unpaired) electrons. The van der Waals surface area contributed by atoms with Crippen molar-refractivity contribution in [3.05, 3.63) is 29.3 Å². The third-order valence-corrected chi connectivity index (χ3v) is 8.31. The molecule has 3 aliphatic carbocycles. The van der Waals surface area contributed by atoms with Gasteiger partial charge in [-0.05, 0) is 97.8 Å². The molecular weight excluding hydrogens is 356 g/mol. The zero-order chi connectivity index (χ0) is 20.5. The lowest BCUT2D eigenvalue weighted by Gasteiger charge is -2.53. The normalized spacial score (nSPS) is 34.7. The number of rotatable bonds is 3. The van der Waals surface area contributed by atoms with Crippen LogP contribution in [-0.2, 0) is 6.42 Å². The van der Waals surface area contributed by atoms with Gasteiger partial charge in [-0.25, -0.2) is 0 Å². The highest BCUT2D eigenvalue weighted by molar-refractivity contribution is 5.40. The van der Waals surface area contributed by atoms with Crippen LogP contribution in [0.15, 0.2) is 18.2 Å². The maximum atomic E-state index is 11.6. The maximum Gasteiger partial charge on any atom is 0.115 e. The summed E-state index contributed by atoms with van der Waals surface area (Å²) in [5, 5.41) is 21.5. The minimum atomic E-state index is -0.685. The van der Waals surface area contributed by atoms with E-state index >= 15 is 0 Å². The number of hydrogen-bond acceptors (Lipinski definition) is 2. The Morgan fingerprint density at radius 1 is 1.10 bits per heavy atom. The second-order valence-electron chi connectivity index (χ2n) is 9.71. The molecule has 1 aromatic carbocycles. The van der Waals surface area contributed by atoms with E-state index < -0.39 is 5.60 Å². The van der Waals surface area contributed by atoms with E-state index in [1.54, 1.807) is 0 Å². The van der Waals surface area contributed by atoms with Gasteiger partial charge in [-0.1, -0.05) is 38.2 Å². The van der Waals surface area contributed by atoms with Gasteiger partial charge in [0.05, 0.1) is 5.60 Å². The molecule has 29 heavy (non-hydrogen) atoms. The van der Waals surface area contributed by atoms with Gasteiger partial charge in [0.25, 0.3) is 0 Å². The number of aromatic hydroxyl groups is 1. The number of hydrogen-bond donors (Lipinski definition) is 2. The quantitative estimate of drug-likeness (QED) is 0.523. The van der Waals surface area contributed by atoms with Crippen LogP contribution in [0.2, 0.25) is 0 Å². The largest absolute Gasteiger partial charge is 0.508 e. The fourth-order valence-electron chi connectivity index (χ4n) is 6.58. The Morgan fingerprint density at radius 2 is 1.93 bits per heavy atom. The van der Waals surface area contributed by atoms with Crippen LogP contribution in [0.5, 0.6) is 5.75 Å². The molecule has 4 rings (SSSR count). The van der Waals surface area contributed by atoms with Crippen molar-refractivity contribution < 1.29 is 10.2 Å². The smallest absolute Gasteiger partial charge is 0.115 e. The van der Waals surface area contributed by atoms with E-state index in [0.29, 0.717) is 29.9 Å². The van der Waals surface area contributed by atoms with E-state index in [4.69, 9.17) is 0 Å². The first-order valence-electron chi connectivity index (χ1n) is 11.5. The van der Waals surface area contributed by atoms with Crippen LogP contribution >= 0.6 is 0 Å². The Balaban J connectivity index is 1.50. The zero-order valence-corrected chi connectivity index (χ0v) is 17.9. The summed E-state index contributed by atoms with van der Waals surface area (Å²) in [6.45, 7) is 4.49. The number of phenolic OH excluding ortho intramolecular Hbond substituents is 1. The lowest BCUT2D eigenvalue weighted by Crippen LogP contribution is -2.50. The summed E-state index contributed by atoms with van der Waals surface area (Å²) in [5.41, 5.74) is 2.04. The third kappa shape index (κ3) is 3.58. The summed E-state index contributed by atoms with van der Waals surface area (Å²) < 4.78 is 0. The minimum absolute atomic E-state index is 0.0487. The first-order chi connectivity index (χ1) is 14.0. The fraction of sp³-hybridized carbons (Fsp3) is 0.630. The van der Waals surface area contributed by atoms with Gasteiger partial charge < -0.3 is 10.2 Å². The van der Waals surface area contributed by atoms with Gasteiger partial charge in [0, 0.05) is 18.3 Å². The Hall–Kier alpha value is -1.90. The van der Waals surface area contributed by atoms with Crippen molar-refractivity contribution >= 4 is 0 Å². The highest BCUT2D eigenvalue weighted by Crippen LogP contribution is 2.65. The van der Waals surface area contributed by atoms with Crippen LogP contribution in [0.25, 0.3) is 0 Å². The van der Waals surface area contributed by atoms with Crippen molar-refractivity contribution in [3.63, 3.8) is 0 Å². The third-order valence-electron chi connectivity index (χ3n) is 8.31. The van der Waals surface area contributed by atoms with Crippen molar-refractivity contribution in [2.75, 3.05) is 0 Å². The molecule has 0 bridgehead atoms. The van der Waals surface area contributed by atoms with Crippen molar-refractivity contribution in [2.24, 2.45) is 17.3 Å². The molecule has 0 unspecified atom stereocenters. The molecule has 154 valence electrons. The van der Waals surface area contributed by atoms with Gasteiger partial charge >= 0.3 is 0 Å². The first-order valence-corrected chi connectivity index (χ1v) is 11.5. The Labute approximate surface area is 176 Å². The summed E-state index contributed by atoms with van der Waals surface area (Å²) in [5.74, 6) is 14.4. The van der Waals surface area contributed by atoms with E-state index in [-0.39, 0.29) is 5.41 Å². The zero-order valence-electron chi connectivity index (χ0n) is 17.9. The molecule has 0 spiro atoms. The van der Waals surface area contributed by atoms with Crippen LogP contribution < -0.4 is 0 Å². The standard InChI is InChI=1S/C27H34O2/c1-3-4-5-6-7-8-9-16-27(29)18-15-25-24-12-10-20-19-21(28)11-13-22(20)23(24)14-17-26(25,27)2/h11,13,19,23-25,28-29H,3-5,10,12,14-18H2,1-2H3/t23-,24-,25+,26+,27+/m1/s1. The van der Waals surface area contributed by atoms with Crippen molar-refractivity contribution in [3.8, 4) is 29.4 Å². The molecule has 2 saturated carbocycles. The molecule has 2 N–H and O–H groups in total. The van der Waals surface area contributed by atoms with Gasteiger partial charge in [-0.2, -0.15) is 0 Å². The Morgan fingerprint density at radius 3 is 2.76 bits per heavy atom. The van der Waals surface area contributed by atoms with Crippen molar-refractivity contribution in [2.45, 2.75) is 89.6 Å². The van der Waals surface area contributed by atoms with Crippen LogP contribution in [-0.4, -0.2) is 15.8 Å². The predicted octanol–water partition coefficient (Wildman–Crippen LogP) is 5.57. The summed E-state index contributed by atoms with van der Waals surface area (Å²) >= 11 is 0. The number of aliphatic hydroxyl groups is 1. The molecular formula is C27H34O2. The molecule has 0 aliphatic heterocycles. The average Bonchev–Trinajstić information content (AvgIpc) is 2.98. The molecule has 0 aromatic heterocycles. The Bertz CT molecular complexity index is 879. The van der Waals surface area contributed by atoms with Crippen LogP contribution in [0.3, 0.4) is 0 Å². The molecule has 0 heterocycles. The highest BCUT2D eigenvalue weighted by atomic mass is 16.3. The summed E-state index contributed by atoms with van der Waals surface area (Å²) in [6, 6.07) is 5.95. The topological polar surface area (TPSA) is 40.5 Å². The van der Waals surface area contributed by atoms with Gasteiger partial charge in [0.1, 0.15) is 5.75 Å². The molecule has 2 fully saturated rings. The highest BCUT2D eigenvalue weighted by Gasteiger charge is 2.61. The first kappa shape index (κ1) is 20.4. The van der Waals surface area contributed by atoms with E-state index in [0.717, 1.165) is 51.4 Å². The SMILES string of the molecule is CCCCC#CC#CC[C@]1(O)CC[C@H]2[C@@H]3CCc4cc(O)ccc4[C@H]3CC[C@@]21C. The lowest BCUT2D eigenvalue weighted by atomic mass is 9.53. The predicted molar refractivity (Wildman–Crippen MR) is 117 cm³/mol. The van der Waals surface area contributed by atoms with Gasteiger partial charge in [0.2, 0.25) is 0 Å². The summed E-state index contributed by atoms with van der Waals surface area (Å²) in [4.78, 5) is 0. The second-order valence-corrected chi connectivity index (χ2v) is 9.71. The summed E-state index contributed by atoms with van der Waals surface area (Å²) in [7, 11) is 0. The molecule has 2 heteroatoms. The van der Waals surface area contributed by atoms with E-state index in [1.165, 1.54) is 17.5 Å². The molecule has 5 atom stereocenters. The van der Waals surface area contributed by atoms with Crippen molar-refractivity contribution in [1.29, 1.82) is 0 Å². The lowest BCUT2D eigenvalue weighted by molar-refractivity contribution is -0.0990.